The van der Waals surface area contributed by atoms with Gasteiger partial charge in [0.05, 0.1) is 0 Å². The summed E-state index contributed by atoms with van der Waals surface area (Å²) in [4.78, 5) is 26.9. The lowest BCUT2D eigenvalue weighted by Gasteiger charge is -2.44. The van der Waals surface area contributed by atoms with E-state index in [9.17, 15) is 9.59 Å². The Hall–Kier alpha value is -1.80. The maximum atomic E-state index is 12.7. The van der Waals surface area contributed by atoms with Crippen LogP contribution in [0.2, 0.25) is 0 Å². The highest BCUT2D eigenvalue weighted by molar-refractivity contribution is 7.80. The third-order valence-corrected chi connectivity index (χ3v) is 6.98. The summed E-state index contributed by atoms with van der Waals surface area (Å²) in [5.41, 5.74) is 2.55. The van der Waals surface area contributed by atoms with Crippen LogP contribution in [0.1, 0.15) is 34.0 Å². The third kappa shape index (κ3) is 5.06. The monoisotopic (exact) mass is 512 g/mol. The zero-order valence-corrected chi connectivity index (χ0v) is 20.4. The molecule has 1 aromatic carbocycles. The standard InChI is InChI=1S/C22H23Cl3N4O2S/c1-13-5-7-15(8-6-13)19(31)26-20(22(23,24)25)27-21(32)28-10-14-9-16(12-28)17-3-2-4-18(30)29(17)11-14/h2-8,14,16,20H,9-12H2,1H3,(H,26,31)(H,27,32)/t14-,16-,20+/m0/s1. The van der Waals surface area contributed by atoms with Crippen molar-refractivity contribution in [3.05, 3.63) is 69.6 Å². The number of nitrogens with one attached hydrogen (secondary N) is 2. The lowest BCUT2D eigenvalue weighted by molar-refractivity contribution is 0.0932. The second-order valence-electron chi connectivity index (χ2n) is 8.37. The summed E-state index contributed by atoms with van der Waals surface area (Å²) in [6.07, 6.45) is -0.0221. The van der Waals surface area contributed by atoms with E-state index < -0.39 is 9.96 Å². The number of carbonyl (C=O) groups is 1. The Kier molecular flexibility index (Phi) is 6.73. The molecule has 0 spiro atoms. The van der Waals surface area contributed by atoms with Gasteiger partial charge in [0.1, 0.15) is 6.17 Å². The summed E-state index contributed by atoms with van der Waals surface area (Å²) in [6.45, 7) is 3.92. The van der Waals surface area contributed by atoms with Crippen molar-refractivity contribution in [2.45, 2.75) is 35.8 Å². The van der Waals surface area contributed by atoms with Crippen molar-refractivity contribution in [3.8, 4) is 0 Å². The minimum atomic E-state index is -1.82. The zero-order chi connectivity index (χ0) is 23.0. The van der Waals surface area contributed by atoms with E-state index in [2.05, 4.69) is 10.6 Å². The van der Waals surface area contributed by atoms with E-state index in [0.717, 1.165) is 17.7 Å². The molecule has 3 atom stereocenters. The molecule has 1 saturated heterocycles. The summed E-state index contributed by atoms with van der Waals surface area (Å²) < 4.78 is 0.0363. The molecule has 0 aliphatic carbocycles. The quantitative estimate of drug-likeness (QED) is 0.373. The molecule has 0 saturated carbocycles. The number of benzene rings is 1. The number of thiocarbonyl (C=S) groups is 1. The predicted octanol–water partition coefficient (Wildman–Crippen LogP) is 3.58. The fourth-order valence-corrected chi connectivity index (χ4v) is 4.99. The minimum Gasteiger partial charge on any atom is -0.348 e. The largest absolute Gasteiger partial charge is 0.348 e. The van der Waals surface area contributed by atoms with E-state index in [0.29, 0.717) is 30.3 Å². The van der Waals surface area contributed by atoms with Gasteiger partial charge in [0, 0.05) is 42.9 Å². The lowest BCUT2D eigenvalue weighted by atomic mass is 9.83. The molecule has 1 amide bonds. The summed E-state index contributed by atoms with van der Waals surface area (Å²) in [5.74, 6) is 0.0967. The normalized spacial score (nSPS) is 20.8. The highest BCUT2D eigenvalue weighted by Gasteiger charge is 2.39. The van der Waals surface area contributed by atoms with E-state index in [1.165, 1.54) is 0 Å². The van der Waals surface area contributed by atoms with Crippen LogP contribution in [0, 0.1) is 12.8 Å². The highest BCUT2D eigenvalue weighted by atomic mass is 35.6. The molecule has 2 bridgehead atoms. The minimum absolute atomic E-state index is 0.0291. The fourth-order valence-electron chi connectivity index (χ4n) is 4.40. The molecule has 2 N–H and O–H groups in total. The van der Waals surface area contributed by atoms with Gasteiger partial charge in [-0.15, -0.1) is 0 Å². The number of likely N-dealkylation sites (tertiary alicyclic amines) is 1. The number of hydrogen-bond donors (Lipinski definition) is 2. The molecule has 170 valence electrons. The van der Waals surface area contributed by atoms with E-state index in [1.54, 1.807) is 24.3 Å². The average molecular weight is 514 g/mol. The average Bonchev–Trinajstić information content (AvgIpc) is 2.73. The number of hydrogen-bond acceptors (Lipinski definition) is 3. The van der Waals surface area contributed by atoms with Crippen LogP contribution in [-0.4, -0.2) is 43.5 Å². The Balaban J connectivity index is 1.47. The van der Waals surface area contributed by atoms with E-state index in [-0.39, 0.29) is 23.3 Å². The Bertz CT molecular complexity index is 1080. The van der Waals surface area contributed by atoms with Crippen molar-refractivity contribution in [3.63, 3.8) is 0 Å². The molecule has 2 aromatic rings. The second kappa shape index (κ2) is 9.21. The molecule has 0 radical (unpaired) electrons. The van der Waals surface area contributed by atoms with E-state index in [1.807, 2.05) is 34.6 Å². The molecule has 2 aliphatic heterocycles. The van der Waals surface area contributed by atoms with Crippen molar-refractivity contribution in [2.75, 3.05) is 13.1 Å². The van der Waals surface area contributed by atoms with Gasteiger partial charge < -0.3 is 20.1 Å². The Morgan fingerprint density at radius 2 is 1.81 bits per heavy atom. The fraction of sp³-hybridized carbons (Fsp3) is 0.409. The van der Waals surface area contributed by atoms with Crippen molar-refractivity contribution in [2.24, 2.45) is 5.92 Å². The molecule has 32 heavy (non-hydrogen) atoms. The van der Waals surface area contributed by atoms with Crippen LogP contribution in [-0.2, 0) is 6.54 Å². The molecule has 10 heteroatoms. The molecule has 0 unspecified atom stereocenters. The first kappa shape index (κ1) is 23.4. The van der Waals surface area contributed by atoms with Crippen LogP contribution < -0.4 is 16.2 Å². The van der Waals surface area contributed by atoms with Crippen LogP contribution in [0.4, 0.5) is 0 Å². The van der Waals surface area contributed by atoms with Gasteiger partial charge in [0.25, 0.3) is 11.5 Å². The number of pyridine rings is 1. The van der Waals surface area contributed by atoms with E-state index in [4.69, 9.17) is 47.0 Å². The maximum Gasteiger partial charge on any atom is 0.252 e. The Morgan fingerprint density at radius 3 is 2.50 bits per heavy atom. The van der Waals surface area contributed by atoms with Crippen LogP contribution in [0.15, 0.2) is 47.3 Å². The maximum absolute atomic E-state index is 12.7. The smallest absolute Gasteiger partial charge is 0.252 e. The van der Waals surface area contributed by atoms with Crippen molar-refractivity contribution < 1.29 is 4.79 Å². The van der Waals surface area contributed by atoms with E-state index >= 15 is 0 Å². The van der Waals surface area contributed by atoms with Gasteiger partial charge in [-0.25, -0.2) is 0 Å². The number of amides is 1. The molecule has 1 fully saturated rings. The number of rotatable bonds is 3. The molecule has 4 rings (SSSR count). The van der Waals surface area contributed by atoms with Crippen molar-refractivity contribution in [1.82, 2.24) is 20.1 Å². The Morgan fingerprint density at radius 1 is 1.09 bits per heavy atom. The van der Waals surface area contributed by atoms with Crippen molar-refractivity contribution in [1.29, 1.82) is 0 Å². The summed E-state index contributed by atoms with van der Waals surface area (Å²) in [6, 6.07) is 12.5. The highest BCUT2D eigenvalue weighted by Crippen LogP contribution is 2.35. The zero-order valence-electron chi connectivity index (χ0n) is 17.4. The molecule has 2 aliphatic rings. The van der Waals surface area contributed by atoms with Gasteiger partial charge in [0.15, 0.2) is 5.11 Å². The van der Waals surface area contributed by atoms with Gasteiger partial charge in [-0.1, -0.05) is 58.6 Å². The number of fused-ring (bicyclic) bond motifs is 4. The first-order chi connectivity index (χ1) is 15.1. The second-order valence-corrected chi connectivity index (χ2v) is 11.1. The SMILES string of the molecule is Cc1ccc(C(=O)N[C@H](NC(=S)N2C[C@@H]3C[C@@H](C2)c2cccc(=O)n2C3)C(Cl)(Cl)Cl)cc1. The first-order valence-electron chi connectivity index (χ1n) is 10.3. The number of alkyl halides is 3. The summed E-state index contributed by atoms with van der Waals surface area (Å²) in [7, 11) is 0. The summed E-state index contributed by atoms with van der Waals surface area (Å²) in [5, 5.41) is 6.15. The predicted molar refractivity (Wildman–Crippen MR) is 132 cm³/mol. The molecular formula is C22H23Cl3N4O2S. The van der Waals surface area contributed by atoms with Crippen LogP contribution >= 0.6 is 47.0 Å². The number of aryl methyl sites for hydroxylation is 1. The number of carbonyl (C=O) groups excluding carboxylic acids is 1. The number of nitrogens with zero attached hydrogens (tertiary/aromatic N) is 2. The molecule has 6 nitrogen and oxygen atoms in total. The number of aromatic nitrogens is 1. The number of halogens is 3. The lowest BCUT2D eigenvalue weighted by Crippen LogP contribution is -2.60. The van der Waals surface area contributed by atoms with Crippen LogP contribution in [0.25, 0.3) is 0 Å². The molecule has 1 aromatic heterocycles. The molecule has 3 heterocycles. The summed E-state index contributed by atoms with van der Waals surface area (Å²) >= 11 is 24.1. The van der Waals surface area contributed by atoms with Gasteiger partial charge >= 0.3 is 0 Å². The van der Waals surface area contributed by atoms with Crippen LogP contribution in [0.3, 0.4) is 0 Å². The van der Waals surface area contributed by atoms with Gasteiger partial charge in [-0.3, -0.25) is 9.59 Å². The van der Waals surface area contributed by atoms with Crippen molar-refractivity contribution >= 4 is 58.0 Å². The van der Waals surface area contributed by atoms with Gasteiger partial charge in [0.2, 0.25) is 3.79 Å². The van der Waals surface area contributed by atoms with Gasteiger partial charge in [-0.2, -0.15) is 0 Å². The third-order valence-electron chi connectivity index (χ3n) is 5.95. The first-order valence-corrected chi connectivity index (χ1v) is 11.9. The van der Waals surface area contributed by atoms with Gasteiger partial charge in [-0.05, 0) is 49.7 Å². The van der Waals surface area contributed by atoms with Crippen LogP contribution in [0.5, 0.6) is 0 Å². The Labute approximate surface area is 206 Å². The molecular weight excluding hydrogens is 491 g/mol. The topological polar surface area (TPSA) is 66.4 Å². The number of piperidine rings is 1.